The van der Waals surface area contributed by atoms with Crippen LogP contribution in [0.2, 0.25) is 5.02 Å². The van der Waals surface area contributed by atoms with Crippen LogP contribution in [-0.4, -0.2) is 24.9 Å². The molecule has 126 valence electrons. The minimum Gasteiger partial charge on any atom is -0.280 e. The zero-order chi connectivity index (χ0) is 18.1. The first-order valence-corrected chi connectivity index (χ1v) is 8.60. The van der Waals surface area contributed by atoms with Crippen LogP contribution in [-0.2, 0) is 14.1 Å². The molecule has 0 saturated heterocycles. The third-order valence-corrected chi connectivity index (χ3v) is 4.76. The summed E-state index contributed by atoms with van der Waals surface area (Å²) in [5.41, 5.74) is 0.0408. The summed E-state index contributed by atoms with van der Waals surface area (Å²) in [5.74, 6) is 3.23. The quantitative estimate of drug-likeness (QED) is 0.400. The van der Waals surface area contributed by atoms with E-state index >= 15 is 0 Å². The molecule has 0 spiro atoms. The number of nitrogens with zero attached hydrogens (tertiary/aromatic N) is 4. The number of hydrogen-bond donors (Lipinski definition) is 0. The number of fused-ring (bicyclic) bond motifs is 1. The molecule has 3 rings (SSSR count). The van der Waals surface area contributed by atoms with E-state index in [1.54, 1.807) is 25.2 Å². The third-order valence-electron chi connectivity index (χ3n) is 3.64. The molecule has 0 bridgehead atoms. The number of aryl methyl sites for hydroxylation is 1. The molecule has 0 aliphatic rings. The van der Waals surface area contributed by atoms with Crippen LogP contribution < -0.4 is 11.2 Å². The van der Waals surface area contributed by atoms with E-state index in [9.17, 15) is 9.59 Å². The first-order chi connectivity index (χ1) is 11.9. The zero-order valence-corrected chi connectivity index (χ0v) is 15.1. The second kappa shape index (κ2) is 6.75. The fourth-order valence-corrected chi connectivity index (χ4v) is 3.28. The van der Waals surface area contributed by atoms with Gasteiger partial charge in [-0.2, -0.15) is 0 Å². The van der Waals surface area contributed by atoms with Gasteiger partial charge in [0, 0.05) is 24.7 Å². The number of halogens is 1. The summed E-state index contributed by atoms with van der Waals surface area (Å²) >= 11 is 7.29. The normalized spacial score (nSPS) is 10.8. The minimum absolute atomic E-state index is 0.262. The third kappa shape index (κ3) is 3.06. The molecule has 0 aliphatic heterocycles. The van der Waals surface area contributed by atoms with Crippen molar-refractivity contribution >= 4 is 34.4 Å². The van der Waals surface area contributed by atoms with Crippen LogP contribution in [0.15, 0.2) is 38.9 Å². The Morgan fingerprint density at radius 2 is 2.00 bits per heavy atom. The maximum Gasteiger partial charge on any atom is 0.332 e. The molecule has 2 aromatic heterocycles. The summed E-state index contributed by atoms with van der Waals surface area (Å²) in [6, 6.07) is 7.05. The highest BCUT2D eigenvalue weighted by atomic mass is 35.5. The van der Waals surface area contributed by atoms with Crippen LogP contribution in [0.25, 0.3) is 22.4 Å². The Morgan fingerprint density at radius 3 is 2.68 bits per heavy atom. The lowest BCUT2D eigenvalue weighted by Crippen LogP contribution is -2.37. The molecule has 8 heteroatoms. The van der Waals surface area contributed by atoms with Crippen LogP contribution in [0.1, 0.15) is 0 Å². The molecular formula is C17H13ClN4O2S. The number of hydrogen-bond acceptors (Lipinski definition) is 5. The minimum atomic E-state index is -0.457. The highest BCUT2D eigenvalue weighted by molar-refractivity contribution is 7.99. The van der Waals surface area contributed by atoms with Gasteiger partial charge in [0.1, 0.15) is 10.4 Å². The molecule has 0 amide bonds. The molecular weight excluding hydrogens is 360 g/mol. The largest absolute Gasteiger partial charge is 0.332 e. The van der Waals surface area contributed by atoms with E-state index in [4.69, 9.17) is 18.0 Å². The van der Waals surface area contributed by atoms with E-state index < -0.39 is 11.2 Å². The van der Waals surface area contributed by atoms with Crippen molar-refractivity contribution in [2.24, 2.45) is 14.1 Å². The van der Waals surface area contributed by atoms with Gasteiger partial charge in [0.15, 0.2) is 11.5 Å². The zero-order valence-electron chi connectivity index (χ0n) is 13.5. The smallest absolute Gasteiger partial charge is 0.280 e. The maximum absolute atomic E-state index is 12.6. The Kier molecular flexibility index (Phi) is 4.66. The van der Waals surface area contributed by atoms with Crippen LogP contribution in [0.4, 0.5) is 0 Å². The molecule has 2 heterocycles. The van der Waals surface area contributed by atoms with Crippen molar-refractivity contribution in [2.45, 2.75) is 5.03 Å². The Morgan fingerprint density at radius 1 is 1.24 bits per heavy atom. The fraction of sp³-hybridized carbons (Fsp3) is 0.176. The topological polar surface area (TPSA) is 69.8 Å². The second-order valence-corrected chi connectivity index (χ2v) is 6.66. The number of thioether (sulfide) groups is 1. The lowest BCUT2D eigenvalue weighted by Gasteiger charge is -2.11. The summed E-state index contributed by atoms with van der Waals surface area (Å²) in [6.07, 6.45) is 5.34. The Balaban J connectivity index is 2.41. The van der Waals surface area contributed by atoms with Gasteiger partial charge in [0.05, 0.1) is 5.75 Å². The molecule has 25 heavy (non-hydrogen) atoms. The molecule has 6 nitrogen and oxygen atoms in total. The highest BCUT2D eigenvalue weighted by Crippen LogP contribution is 2.26. The number of aromatic nitrogens is 4. The van der Waals surface area contributed by atoms with Gasteiger partial charge in [-0.25, -0.2) is 14.8 Å². The first kappa shape index (κ1) is 17.3. The van der Waals surface area contributed by atoms with Crippen molar-refractivity contribution in [3.8, 4) is 23.7 Å². The molecule has 0 fully saturated rings. The van der Waals surface area contributed by atoms with Crippen LogP contribution in [0, 0.1) is 12.3 Å². The molecule has 0 saturated carbocycles. The van der Waals surface area contributed by atoms with E-state index in [1.807, 2.05) is 6.07 Å². The van der Waals surface area contributed by atoms with E-state index in [-0.39, 0.29) is 11.0 Å². The summed E-state index contributed by atoms with van der Waals surface area (Å²) in [7, 11) is 2.99. The van der Waals surface area contributed by atoms with Gasteiger partial charge in [0.25, 0.3) is 5.56 Å². The standard InChI is InChI=1S/C17H13ClN4O2S/c1-4-8-25-15-12-14(21(2)17(24)22(3)16(12)23)19-13(20-15)10-6-5-7-11(18)9-10/h1,5-7,9H,8H2,2-3H3. The summed E-state index contributed by atoms with van der Waals surface area (Å²) in [5, 5.41) is 1.25. The lowest BCUT2D eigenvalue weighted by atomic mass is 10.2. The van der Waals surface area contributed by atoms with Gasteiger partial charge >= 0.3 is 5.69 Å². The van der Waals surface area contributed by atoms with Crippen LogP contribution in [0.3, 0.4) is 0 Å². The van der Waals surface area contributed by atoms with Crippen molar-refractivity contribution in [2.75, 3.05) is 5.75 Å². The summed E-state index contributed by atoms with van der Waals surface area (Å²) in [6.45, 7) is 0. The fourth-order valence-electron chi connectivity index (χ4n) is 2.40. The van der Waals surface area contributed by atoms with Crippen molar-refractivity contribution < 1.29 is 0 Å². The Bertz CT molecular complexity index is 1140. The van der Waals surface area contributed by atoms with Gasteiger partial charge in [-0.1, -0.05) is 41.4 Å². The van der Waals surface area contributed by atoms with Crippen LogP contribution >= 0.6 is 23.4 Å². The van der Waals surface area contributed by atoms with E-state index in [1.165, 1.54) is 23.4 Å². The number of terminal acetylenes is 1. The molecule has 0 N–H and O–H groups in total. The van der Waals surface area contributed by atoms with E-state index in [2.05, 4.69) is 15.9 Å². The van der Waals surface area contributed by atoms with Gasteiger partial charge in [-0.15, -0.1) is 6.42 Å². The maximum atomic E-state index is 12.6. The van der Waals surface area contributed by atoms with E-state index in [0.717, 1.165) is 4.57 Å². The lowest BCUT2D eigenvalue weighted by molar-refractivity contribution is 0.703. The molecule has 0 aliphatic carbocycles. The average molecular weight is 373 g/mol. The first-order valence-electron chi connectivity index (χ1n) is 7.24. The molecule has 0 radical (unpaired) electrons. The Hall–Kier alpha value is -2.56. The molecule has 1 aromatic carbocycles. The molecule has 0 atom stereocenters. The SMILES string of the molecule is C#CCSc1nc(-c2cccc(Cl)c2)nc2c1c(=O)n(C)c(=O)n2C. The molecule has 0 unspecified atom stereocenters. The van der Waals surface area contributed by atoms with Gasteiger partial charge < -0.3 is 0 Å². The van der Waals surface area contributed by atoms with Crippen molar-refractivity contribution in [3.05, 3.63) is 50.1 Å². The van der Waals surface area contributed by atoms with Crippen LogP contribution in [0.5, 0.6) is 0 Å². The predicted octanol–water partition coefficient (Wildman–Crippen LogP) is 2.07. The predicted molar refractivity (Wildman–Crippen MR) is 100 cm³/mol. The second-order valence-electron chi connectivity index (χ2n) is 5.26. The number of benzene rings is 1. The molecule has 3 aromatic rings. The van der Waals surface area contributed by atoms with E-state index in [0.29, 0.717) is 27.2 Å². The van der Waals surface area contributed by atoms with Crippen molar-refractivity contribution in [3.63, 3.8) is 0 Å². The summed E-state index contributed by atoms with van der Waals surface area (Å²) < 4.78 is 2.36. The van der Waals surface area contributed by atoms with Crippen molar-refractivity contribution in [1.82, 2.24) is 19.1 Å². The monoisotopic (exact) mass is 372 g/mol. The highest BCUT2D eigenvalue weighted by Gasteiger charge is 2.18. The van der Waals surface area contributed by atoms with Gasteiger partial charge in [0.2, 0.25) is 0 Å². The summed E-state index contributed by atoms with van der Waals surface area (Å²) in [4.78, 5) is 33.7. The van der Waals surface area contributed by atoms with Gasteiger partial charge in [-0.3, -0.25) is 13.9 Å². The average Bonchev–Trinajstić information content (AvgIpc) is 2.62. The Labute approximate surface area is 152 Å². The number of rotatable bonds is 3. The van der Waals surface area contributed by atoms with Gasteiger partial charge in [-0.05, 0) is 12.1 Å². The van der Waals surface area contributed by atoms with Crippen molar-refractivity contribution in [1.29, 1.82) is 0 Å².